The summed E-state index contributed by atoms with van der Waals surface area (Å²) in [5, 5.41) is 0. The first kappa shape index (κ1) is 25.1. The van der Waals surface area contributed by atoms with Gasteiger partial charge in [0.2, 0.25) is 5.88 Å². The largest absolute Gasteiger partial charge is 0.486 e. The number of hydrogen-bond donors (Lipinski definition) is 0. The SMILES string of the molecule is CCn1cc(C(F)(F)F)nc1-c1ccc(CN2CCOc3cnc(-c4c(OC)ncnc4C4CC4)nc32)cc1. The highest BCUT2D eigenvalue weighted by atomic mass is 19.4. The Kier molecular flexibility index (Phi) is 6.32. The summed E-state index contributed by atoms with van der Waals surface area (Å²) >= 11 is 0. The number of fused-ring (bicyclic) bond motifs is 1. The summed E-state index contributed by atoms with van der Waals surface area (Å²) in [5.41, 5.74) is 2.28. The van der Waals surface area contributed by atoms with Crippen molar-refractivity contribution >= 4 is 5.82 Å². The van der Waals surface area contributed by atoms with E-state index < -0.39 is 11.9 Å². The van der Waals surface area contributed by atoms with Gasteiger partial charge in [0.25, 0.3) is 0 Å². The molecule has 39 heavy (non-hydrogen) atoms. The number of halogens is 3. The maximum atomic E-state index is 13.2. The first-order valence-corrected chi connectivity index (χ1v) is 12.7. The van der Waals surface area contributed by atoms with Crippen LogP contribution >= 0.6 is 0 Å². The number of hydrogen-bond acceptors (Lipinski definition) is 8. The number of ether oxygens (including phenoxy) is 2. The van der Waals surface area contributed by atoms with Crippen LogP contribution in [0.5, 0.6) is 11.6 Å². The number of methoxy groups -OCH3 is 1. The lowest BCUT2D eigenvalue weighted by Gasteiger charge is -2.30. The fourth-order valence-corrected chi connectivity index (χ4v) is 4.75. The van der Waals surface area contributed by atoms with E-state index in [4.69, 9.17) is 14.5 Å². The summed E-state index contributed by atoms with van der Waals surface area (Å²) < 4.78 is 52.5. The lowest BCUT2D eigenvalue weighted by Crippen LogP contribution is -2.33. The molecule has 12 heteroatoms. The Labute approximate surface area is 222 Å². The molecular weight excluding hydrogens is 511 g/mol. The smallest absolute Gasteiger partial charge is 0.434 e. The third-order valence-corrected chi connectivity index (χ3v) is 6.87. The zero-order chi connectivity index (χ0) is 27.1. The van der Waals surface area contributed by atoms with E-state index >= 15 is 0 Å². The van der Waals surface area contributed by atoms with Crippen molar-refractivity contribution in [3.05, 3.63) is 59.9 Å². The predicted molar refractivity (Wildman–Crippen MR) is 136 cm³/mol. The Balaban J connectivity index is 1.28. The van der Waals surface area contributed by atoms with Crippen molar-refractivity contribution in [3.63, 3.8) is 0 Å². The van der Waals surface area contributed by atoms with E-state index in [9.17, 15) is 13.2 Å². The number of nitrogens with zero attached hydrogens (tertiary/aromatic N) is 7. The molecule has 0 spiro atoms. The normalized spacial score (nSPS) is 15.2. The van der Waals surface area contributed by atoms with Crippen LogP contribution in [0.1, 0.15) is 42.6 Å². The maximum absolute atomic E-state index is 13.2. The van der Waals surface area contributed by atoms with Crippen LogP contribution in [0, 0.1) is 0 Å². The highest BCUT2D eigenvalue weighted by Gasteiger charge is 2.35. The summed E-state index contributed by atoms with van der Waals surface area (Å²) in [4.78, 5) is 24.1. The standard InChI is InChI=1S/C27H26F3N7O2/c1-3-36-14-20(27(28,29)30)34-24(36)18-6-4-16(5-7-18)13-37-10-11-39-19-12-31-23(35-25(19)37)21-22(17-8-9-17)32-15-33-26(21)38-2/h4-7,12,14-15,17H,3,8-11,13H2,1-2H3. The summed E-state index contributed by atoms with van der Waals surface area (Å²) in [6, 6.07) is 7.39. The van der Waals surface area contributed by atoms with Crippen molar-refractivity contribution in [1.29, 1.82) is 0 Å². The second-order valence-electron chi connectivity index (χ2n) is 9.50. The fraction of sp³-hybridized carbons (Fsp3) is 0.370. The van der Waals surface area contributed by atoms with E-state index in [0.717, 1.165) is 30.3 Å². The first-order valence-electron chi connectivity index (χ1n) is 12.7. The molecule has 0 N–H and O–H groups in total. The number of anilines is 1. The topological polar surface area (TPSA) is 91.1 Å². The molecule has 1 aliphatic carbocycles. The summed E-state index contributed by atoms with van der Waals surface area (Å²) in [7, 11) is 1.57. The van der Waals surface area contributed by atoms with Crippen molar-refractivity contribution in [3.8, 4) is 34.4 Å². The maximum Gasteiger partial charge on any atom is 0.434 e. The highest BCUT2D eigenvalue weighted by Crippen LogP contribution is 2.45. The van der Waals surface area contributed by atoms with Crippen LogP contribution < -0.4 is 14.4 Å². The van der Waals surface area contributed by atoms with Crippen molar-refractivity contribution in [2.75, 3.05) is 25.2 Å². The molecule has 1 fully saturated rings. The Bertz CT molecular complexity index is 1500. The van der Waals surface area contributed by atoms with Gasteiger partial charge in [0.05, 0.1) is 25.5 Å². The second kappa shape index (κ2) is 9.83. The van der Waals surface area contributed by atoms with Crippen LogP contribution in [0.3, 0.4) is 0 Å². The highest BCUT2D eigenvalue weighted by molar-refractivity contribution is 5.69. The summed E-state index contributed by atoms with van der Waals surface area (Å²) in [6.45, 7) is 3.79. The lowest BCUT2D eigenvalue weighted by molar-refractivity contribution is -0.140. The van der Waals surface area contributed by atoms with Crippen LogP contribution in [-0.2, 0) is 19.3 Å². The summed E-state index contributed by atoms with van der Waals surface area (Å²) in [6.07, 6.45) is 1.84. The lowest BCUT2D eigenvalue weighted by atomic mass is 10.1. The average molecular weight is 538 g/mol. The minimum Gasteiger partial charge on any atom is -0.486 e. The van der Waals surface area contributed by atoms with Crippen molar-refractivity contribution in [2.45, 2.75) is 44.9 Å². The quantitative estimate of drug-likeness (QED) is 0.321. The predicted octanol–water partition coefficient (Wildman–Crippen LogP) is 5.12. The van der Waals surface area contributed by atoms with E-state index in [-0.39, 0.29) is 5.82 Å². The third-order valence-electron chi connectivity index (χ3n) is 6.87. The number of aromatic nitrogens is 6. The van der Waals surface area contributed by atoms with Gasteiger partial charge in [0.15, 0.2) is 23.1 Å². The molecule has 4 heterocycles. The zero-order valence-electron chi connectivity index (χ0n) is 21.4. The minimum absolute atomic E-state index is 0.288. The number of benzene rings is 1. The monoisotopic (exact) mass is 537 g/mol. The molecule has 1 aromatic carbocycles. The molecule has 0 amide bonds. The van der Waals surface area contributed by atoms with Crippen molar-refractivity contribution in [2.24, 2.45) is 0 Å². The van der Waals surface area contributed by atoms with E-state index in [1.807, 2.05) is 12.1 Å². The molecule has 202 valence electrons. The molecule has 1 saturated carbocycles. The molecule has 4 aromatic rings. The average Bonchev–Trinajstić information content (AvgIpc) is 3.70. The minimum atomic E-state index is -4.49. The third kappa shape index (κ3) is 4.86. The number of alkyl halides is 3. The molecule has 0 unspecified atom stereocenters. The molecule has 3 aromatic heterocycles. The van der Waals surface area contributed by atoms with Gasteiger partial charge in [0, 0.05) is 30.8 Å². The van der Waals surface area contributed by atoms with Crippen LogP contribution in [0.15, 0.2) is 43.0 Å². The Hall–Kier alpha value is -4.22. The molecule has 1 aliphatic heterocycles. The van der Waals surface area contributed by atoms with Gasteiger partial charge in [-0.3, -0.25) is 0 Å². The Morgan fingerprint density at radius 3 is 2.56 bits per heavy atom. The second-order valence-corrected chi connectivity index (χ2v) is 9.50. The van der Waals surface area contributed by atoms with E-state index in [1.54, 1.807) is 32.4 Å². The van der Waals surface area contributed by atoms with Gasteiger partial charge in [-0.2, -0.15) is 13.2 Å². The molecular formula is C27H26F3N7O2. The van der Waals surface area contributed by atoms with Crippen LogP contribution in [0.4, 0.5) is 19.0 Å². The van der Waals surface area contributed by atoms with Crippen LogP contribution in [-0.4, -0.2) is 49.7 Å². The molecule has 0 atom stereocenters. The molecule has 0 saturated heterocycles. The Morgan fingerprint density at radius 2 is 1.87 bits per heavy atom. The van der Waals surface area contributed by atoms with E-state index in [0.29, 0.717) is 66.6 Å². The van der Waals surface area contributed by atoms with Gasteiger partial charge < -0.3 is 18.9 Å². The van der Waals surface area contributed by atoms with Crippen molar-refractivity contribution in [1.82, 2.24) is 29.5 Å². The van der Waals surface area contributed by atoms with Gasteiger partial charge in [-0.1, -0.05) is 24.3 Å². The molecule has 0 bridgehead atoms. The van der Waals surface area contributed by atoms with E-state index in [2.05, 4.69) is 24.8 Å². The van der Waals surface area contributed by atoms with Gasteiger partial charge in [-0.25, -0.2) is 24.9 Å². The molecule has 9 nitrogen and oxygen atoms in total. The number of rotatable bonds is 7. The molecule has 6 rings (SSSR count). The Morgan fingerprint density at radius 1 is 1.08 bits per heavy atom. The van der Waals surface area contributed by atoms with Gasteiger partial charge >= 0.3 is 6.18 Å². The van der Waals surface area contributed by atoms with Gasteiger partial charge in [-0.05, 0) is 25.3 Å². The molecule has 2 aliphatic rings. The number of aryl methyl sites for hydroxylation is 1. The van der Waals surface area contributed by atoms with Crippen molar-refractivity contribution < 1.29 is 22.6 Å². The van der Waals surface area contributed by atoms with Gasteiger partial charge in [0.1, 0.15) is 24.3 Å². The summed E-state index contributed by atoms with van der Waals surface area (Å²) in [5.74, 6) is 2.78. The van der Waals surface area contributed by atoms with Crippen LogP contribution in [0.25, 0.3) is 22.8 Å². The first-order chi connectivity index (χ1) is 18.9. The van der Waals surface area contributed by atoms with E-state index in [1.165, 1.54) is 10.9 Å². The number of imidazole rings is 1. The fourth-order valence-electron chi connectivity index (χ4n) is 4.75. The van der Waals surface area contributed by atoms with Gasteiger partial charge in [-0.15, -0.1) is 0 Å². The van der Waals surface area contributed by atoms with Crippen LogP contribution in [0.2, 0.25) is 0 Å². The zero-order valence-corrected chi connectivity index (χ0v) is 21.4. The molecule has 0 radical (unpaired) electrons.